The van der Waals surface area contributed by atoms with E-state index in [1.54, 1.807) is 0 Å². The van der Waals surface area contributed by atoms with E-state index >= 15 is 0 Å². The average molecular weight is 331 g/mol. The molecule has 24 heavy (non-hydrogen) atoms. The van der Waals surface area contributed by atoms with E-state index in [-0.39, 0.29) is 12.5 Å². The SMILES string of the molecule is Cc1cnc(N2CCC(NC3CCCCC3)C(CO)C2)c(C=O)c1. The topological polar surface area (TPSA) is 65.5 Å². The van der Waals surface area contributed by atoms with Crippen molar-refractivity contribution in [3.8, 4) is 0 Å². The monoisotopic (exact) mass is 331 g/mol. The van der Waals surface area contributed by atoms with Gasteiger partial charge in [-0.25, -0.2) is 4.98 Å². The molecule has 132 valence electrons. The van der Waals surface area contributed by atoms with Gasteiger partial charge in [0.05, 0.1) is 5.56 Å². The zero-order chi connectivity index (χ0) is 16.9. The van der Waals surface area contributed by atoms with Crippen molar-refractivity contribution in [2.75, 3.05) is 24.6 Å². The molecule has 2 heterocycles. The fourth-order valence-electron chi connectivity index (χ4n) is 4.14. The normalized spacial score (nSPS) is 25.7. The first-order valence-corrected chi connectivity index (χ1v) is 9.25. The molecule has 0 radical (unpaired) electrons. The molecule has 1 aliphatic carbocycles. The van der Waals surface area contributed by atoms with Crippen LogP contribution in [0.5, 0.6) is 0 Å². The number of pyridine rings is 1. The van der Waals surface area contributed by atoms with Crippen molar-refractivity contribution in [2.45, 2.75) is 57.5 Å². The van der Waals surface area contributed by atoms with Crippen LogP contribution in [0.1, 0.15) is 54.4 Å². The number of aldehydes is 1. The molecule has 5 heteroatoms. The summed E-state index contributed by atoms with van der Waals surface area (Å²) in [5.41, 5.74) is 1.64. The van der Waals surface area contributed by atoms with E-state index in [4.69, 9.17) is 0 Å². The smallest absolute Gasteiger partial charge is 0.153 e. The fourth-order valence-corrected chi connectivity index (χ4v) is 4.14. The largest absolute Gasteiger partial charge is 0.396 e. The number of rotatable bonds is 5. The highest BCUT2D eigenvalue weighted by Crippen LogP contribution is 2.26. The van der Waals surface area contributed by atoms with Crippen molar-refractivity contribution in [1.82, 2.24) is 10.3 Å². The first-order valence-electron chi connectivity index (χ1n) is 9.25. The lowest BCUT2D eigenvalue weighted by Gasteiger charge is -2.41. The Balaban J connectivity index is 1.67. The maximum Gasteiger partial charge on any atom is 0.153 e. The van der Waals surface area contributed by atoms with Gasteiger partial charge >= 0.3 is 0 Å². The van der Waals surface area contributed by atoms with Gasteiger partial charge in [0.25, 0.3) is 0 Å². The number of anilines is 1. The summed E-state index contributed by atoms with van der Waals surface area (Å²) >= 11 is 0. The van der Waals surface area contributed by atoms with Gasteiger partial charge in [-0.15, -0.1) is 0 Å². The van der Waals surface area contributed by atoms with Gasteiger partial charge in [-0.2, -0.15) is 0 Å². The van der Waals surface area contributed by atoms with E-state index in [9.17, 15) is 9.90 Å². The minimum atomic E-state index is 0.170. The Morgan fingerprint density at radius 3 is 2.83 bits per heavy atom. The van der Waals surface area contributed by atoms with Gasteiger partial charge in [0, 0.05) is 43.9 Å². The molecule has 2 unspecified atom stereocenters. The standard InChI is InChI=1S/C19H29N3O2/c1-14-9-15(12-23)19(20-10-14)22-8-7-18(16(11-22)13-24)21-17-5-3-2-4-6-17/h9-10,12,16-18,21,24H,2-8,11,13H2,1H3. The first-order chi connectivity index (χ1) is 11.7. The maximum atomic E-state index is 11.4. The predicted octanol–water partition coefficient (Wildman–Crippen LogP) is 2.31. The van der Waals surface area contributed by atoms with Crippen molar-refractivity contribution in [3.63, 3.8) is 0 Å². The Labute approximate surface area is 144 Å². The molecule has 2 N–H and O–H groups in total. The van der Waals surface area contributed by atoms with E-state index in [0.717, 1.165) is 37.2 Å². The number of carbonyl (C=O) groups excluding carboxylic acids is 1. The third-order valence-corrected chi connectivity index (χ3v) is 5.48. The highest BCUT2D eigenvalue weighted by molar-refractivity contribution is 5.83. The molecule has 0 amide bonds. The number of aliphatic hydroxyl groups is 1. The number of nitrogens with one attached hydrogen (secondary N) is 1. The Kier molecular flexibility index (Phi) is 5.85. The van der Waals surface area contributed by atoms with Crippen LogP contribution < -0.4 is 10.2 Å². The molecule has 3 rings (SSSR count). The lowest BCUT2D eigenvalue weighted by molar-refractivity contribution is 0.112. The van der Waals surface area contributed by atoms with Gasteiger partial charge in [0.1, 0.15) is 5.82 Å². The molecule has 0 aromatic carbocycles. The summed E-state index contributed by atoms with van der Waals surface area (Å²) in [4.78, 5) is 18.0. The van der Waals surface area contributed by atoms with Crippen LogP contribution in [-0.2, 0) is 0 Å². The number of piperidine rings is 1. The van der Waals surface area contributed by atoms with E-state index in [1.165, 1.54) is 32.1 Å². The maximum absolute atomic E-state index is 11.4. The summed E-state index contributed by atoms with van der Waals surface area (Å²) in [6, 6.07) is 2.85. The molecule has 1 saturated carbocycles. The third-order valence-electron chi connectivity index (χ3n) is 5.48. The number of hydrogen-bond acceptors (Lipinski definition) is 5. The quantitative estimate of drug-likeness (QED) is 0.811. The second-order valence-corrected chi connectivity index (χ2v) is 7.33. The predicted molar refractivity (Wildman–Crippen MR) is 95.6 cm³/mol. The van der Waals surface area contributed by atoms with Crippen molar-refractivity contribution in [1.29, 1.82) is 0 Å². The van der Waals surface area contributed by atoms with Gasteiger partial charge in [-0.05, 0) is 37.8 Å². The van der Waals surface area contributed by atoms with E-state index in [2.05, 4.69) is 15.2 Å². The number of aryl methyl sites for hydroxylation is 1. The molecule has 1 aliphatic heterocycles. The van der Waals surface area contributed by atoms with Gasteiger partial charge < -0.3 is 15.3 Å². The third kappa shape index (κ3) is 3.95. The molecule has 5 nitrogen and oxygen atoms in total. The van der Waals surface area contributed by atoms with E-state index in [1.807, 2.05) is 19.2 Å². The van der Waals surface area contributed by atoms with Gasteiger partial charge in [-0.3, -0.25) is 4.79 Å². The second kappa shape index (κ2) is 8.08. The summed E-state index contributed by atoms with van der Waals surface area (Å²) < 4.78 is 0. The zero-order valence-electron chi connectivity index (χ0n) is 14.6. The molecule has 0 bridgehead atoms. The van der Waals surface area contributed by atoms with Crippen LogP contribution in [0, 0.1) is 12.8 Å². The molecular formula is C19H29N3O2. The fraction of sp³-hybridized carbons (Fsp3) is 0.684. The van der Waals surface area contributed by atoms with Crippen molar-refractivity contribution in [3.05, 3.63) is 23.4 Å². The summed E-state index contributed by atoms with van der Waals surface area (Å²) in [6.07, 6.45) is 10.2. The second-order valence-electron chi connectivity index (χ2n) is 7.33. The van der Waals surface area contributed by atoms with Gasteiger partial charge in [0.15, 0.2) is 6.29 Å². The van der Waals surface area contributed by atoms with Gasteiger partial charge in [-0.1, -0.05) is 19.3 Å². The van der Waals surface area contributed by atoms with Crippen LogP contribution in [0.4, 0.5) is 5.82 Å². The molecular weight excluding hydrogens is 302 g/mol. The number of carbonyl (C=O) groups is 1. The number of aromatic nitrogens is 1. The van der Waals surface area contributed by atoms with Crippen LogP contribution in [-0.4, -0.2) is 48.2 Å². The van der Waals surface area contributed by atoms with E-state index in [0.29, 0.717) is 17.6 Å². The minimum Gasteiger partial charge on any atom is -0.396 e. The number of hydrogen-bond donors (Lipinski definition) is 2. The zero-order valence-corrected chi connectivity index (χ0v) is 14.6. The lowest BCUT2D eigenvalue weighted by Crippen LogP contribution is -2.53. The molecule has 2 fully saturated rings. The van der Waals surface area contributed by atoms with Crippen LogP contribution in [0.15, 0.2) is 12.3 Å². The summed E-state index contributed by atoms with van der Waals surface area (Å²) in [6.45, 7) is 3.74. The minimum absolute atomic E-state index is 0.170. The van der Waals surface area contributed by atoms with Crippen molar-refractivity contribution < 1.29 is 9.90 Å². The Morgan fingerprint density at radius 1 is 1.33 bits per heavy atom. The molecule has 1 aromatic rings. The van der Waals surface area contributed by atoms with Gasteiger partial charge in [0.2, 0.25) is 0 Å². The molecule has 2 atom stereocenters. The van der Waals surface area contributed by atoms with Crippen LogP contribution in [0.25, 0.3) is 0 Å². The first kappa shape index (κ1) is 17.4. The van der Waals surface area contributed by atoms with Crippen LogP contribution >= 0.6 is 0 Å². The van der Waals surface area contributed by atoms with Crippen LogP contribution in [0.2, 0.25) is 0 Å². The van der Waals surface area contributed by atoms with E-state index < -0.39 is 0 Å². The average Bonchev–Trinajstić information content (AvgIpc) is 2.63. The highest BCUT2D eigenvalue weighted by Gasteiger charge is 2.31. The summed E-state index contributed by atoms with van der Waals surface area (Å²) in [7, 11) is 0. The highest BCUT2D eigenvalue weighted by atomic mass is 16.3. The number of aliphatic hydroxyl groups excluding tert-OH is 1. The molecule has 1 aromatic heterocycles. The summed E-state index contributed by atoms with van der Waals surface area (Å²) in [5, 5.41) is 13.7. The molecule has 0 spiro atoms. The Morgan fingerprint density at radius 2 is 2.12 bits per heavy atom. The molecule has 1 saturated heterocycles. The van der Waals surface area contributed by atoms with Crippen molar-refractivity contribution >= 4 is 12.1 Å². The molecule has 2 aliphatic rings. The van der Waals surface area contributed by atoms with Crippen molar-refractivity contribution in [2.24, 2.45) is 5.92 Å². The Bertz CT molecular complexity index is 558. The lowest BCUT2D eigenvalue weighted by atomic mass is 9.89. The van der Waals surface area contributed by atoms with Crippen LogP contribution in [0.3, 0.4) is 0 Å². The summed E-state index contributed by atoms with van der Waals surface area (Å²) in [5.74, 6) is 0.938. The Hall–Kier alpha value is -1.46. The number of nitrogens with zero attached hydrogens (tertiary/aromatic N) is 2.